The van der Waals surface area contributed by atoms with Gasteiger partial charge in [0, 0.05) is 6.04 Å². The fourth-order valence-electron chi connectivity index (χ4n) is 2.47. The molecule has 0 aliphatic heterocycles. The first-order chi connectivity index (χ1) is 8.45. The van der Waals surface area contributed by atoms with Crippen molar-refractivity contribution in [1.29, 1.82) is 0 Å². The van der Waals surface area contributed by atoms with Crippen molar-refractivity contribution in [3.63, 3.8) is 0 Å². The van der Waals surface area contributed by atoms with E-state index in [4.69, 9.17) is 9.56 Å². The van der Waals surface area contributed by atoms with Crippen molar-refractivity contribution in [2.24, 2.45) is 11.1 Å². The van der Waals surface area contributed by atoms with Crippen LogP contribution >= 0.6 is 0 Å². The molecule has 0 aromatic carbocycles. The van der Waals surface area contributed by atoms with E-state index in [-0.39, 0.29) is 5.09 Å². The number of rotatable bonds is 4. The third-order valence-corrected chi connectivity index (χ3v) is 4.20. The van der Waals surface area contributed by atoms with E-state index in [1.807, 2.05) is 0 Å². The number of hydrogen-bond donors (Lipinski definition) is 2. The van der Waals surface area contributed by atoms with Gasteiger partial charge >= 0.3 is 0 Å². The highest BCUT2D eigenvalue weighted by molar-refractivity contribution is 7.89. The number of hydrogen-bond acceptors (Lipinski definition) is 4. The van der Waals surface area contributed by atoms with Crippen LogP contribution in [0.5, 0.6) is 0 Å². The van der Waals surface area contributed by atoms with Crippen molar-refractivity contribution in [2.75, 3.05) is 0 Å². The predicted octanol–water partition coefficient (Wildman–Crippen LogP) is 1.60. The lowest BCUT2D eigenvalue weighted by atomic mass is 9.87. The van der Waals surface area contributed by atoms with Crippen LogP contribution in [0.1, 0.15) is 38.4 Å². The van der Waals surface area contributed by atoms with E-state index in [1.54, 1.807) is 6.07 Å². The van der Waals surface area contributed by atoms with Crippen LogP contribution in [0, 0.1) is 5.92 Å². The van der Waals surface area contributed by atoms with Crippen molar-refractivity contribution < 1.29 is 12.8 Å². The first-order valence-corrected chi connectivity index (χ1v) is 7.84. The monoisotopic (exact) mass is 272 g/mol. The quantitative estimate of drug-likeness (QED) is 0.871. The van der Waals surface area contributed by atoms with Crippen molar-refractivity contribution in [1.82, 2.24) is 5.32 Å². The number of furan rings is 1. The van der Waals surface area contributed by atoms with Crippen LogP contribution in [0.15, 0.2) is 21.6 Å². The molecule has 1 aromatic rings. The molecule has 1 heterocycles. The zero-order chi connectivity index (χ0) is 13.2. The Labute approximate surface area is 108 Å². The van der Waals surface area contributed by atoms with Gasteiger partial charge < -0.3 is 9.73 Å². The summed E-state index contributed by atoms with van der Waals surface area (Å²) in [6.07, 6.45) is 4.89. The van der Waals surface area contributed by atoms with Crippen molar-refractivity contribution in [2.45, 2.75) is 50.3 Å². The molecular weight excluding hydrogens is 252 g/mol. The lowest BCUT2D eigenvalue weighted by molar-refractivity contribution is 0.290. The highest BCUT2D eigenvalue weighted by Gasteiger charge is 2.19. The average Bonchev–Trinajstić information content (AvgIpc) is 2.74. The van der Waals surface area contributed by atoms with E-state index in [9.17, 15) is 8.42 Å². The highest BCUT2D eigenvalue weighted by atomic mass is 32.2. The normalized spacial score (nSPS) is 25.2. The lowest BCUT2D eigenvalue weighted by Crippen LogP contribution is -2.32. The topological polar surface area (TPSA) is 85.3 Å². The molecule has 2 rings (SSSR count). The average molecular weight is 272 g/mol. The second kappa shape index (κ2) is 5.42. The molecule has 3 N–H and O–H groups in total. The standard InChI is InChI=1S/C12H20N2O3S/c1-9-3-2-4-10(7-9)14-8-11-5-6-12(17-11)18(13,15)16/h5-6,9-10,14H,2-4,7-8H2,1H3,(H2,13,15,16). The Kier molecular flexibility index (Phi) is 4.09. The van der Waals surface area contributed by atoms with E-state index < -0.39 is 10.0 Å². The van der Waals surface area contributed by atoms with Crippen LogP contribution in [-0.2, 0) is 16.6 Å². The molecule has 1 fully saturated rings. The van der Waals surface area contributed by atoms with Gasteiger partial charge in [-0.05, 0) is 30.9 Å². The van der Waals surface area contributed by atoms with Crippen molar-refractivity contribution >= 4 is 10.0 Å². The van der Waals surface area contributed by atoms with Crippen molar-refractivity contribution in [3.8, 4) is 0 Å². The SMILES string of the molecule is CC1CCCC(NCc2ccc(S(N)(=O)=O)o2)C1. The first kappa shape index (κ1) is 13.6. The third-order valence-electron chi connectivity index (χ3n) is 3.42. The Balaban J connectivity index is 1.88. The Hall–Kier alpha value is -0.850. The van der Waals surface area contributed by atoms with Crippen LogP contribution in [-0.4, -0.2) is 14.5 Å². The molecule has 0 radical (unpaired) electrons. The molecule has 1 aromatic heterocycles. The summed E-state index contributed by atoms with van der Waals surface area (Å²) in [5.41, 5.74) is 0. The maximum atomic E-state index is 11.1. The van der Waals surface area contributed by atoms with Crippen LogP contribution < -0.4 is 10.5 Å². The lowest BCUT2D eigenvalue weighted by Gasteiger charge is -2.27. The summed E-state index contributed by atoms with van der Waals surface area (Å²) in [4.78, 5) is 0. The largest absolute Gasteiger partial charge is 0.447 e. The Bertz CT molecular complexity index is 495. The number of primary sulfonamides is 1. The van der Waals surface area contributed by atoms with Gasteiger partial charge in [-0.3, -0.25) is 0 Å². The van der Waals surface area contributed by atoms with Gasteiger partial charge in [-0.25, -0.2) is 13.6 Å². The maximum Gasteiger partial charge on any atom is 0.271 e. The number of nitrogens with one attached hydrogen (secondary N) is 1. The molecule has 6 heteroatoms. The van der Waals surface area contributed by atoms with Crippen LogP contribution in [0.2, 0.25) is 0 Å². The minimum Gasteiger partial charge on any atom is -0.447 e. The summed E-state index contributed by atoms with van der Waals surface area (Å²) in [5, 5.41) is 8.22. The summed E-state index contributed by atoms with van der Waals surface area (Å²) >= 11 is 0. The number of nitrogens with two attached hydrogens (primary N) is 1. The fraction of sp³-hybridized carbons (Fsp3) is 0.667. The number of sulfonamides is 1. The van der Waals surface area contributed by atoms with Crippen LogP contribution in [0.25, 0.3) is 0 Å². The smallest absolute Gasteiger partial charge is 0.271 e. The molecule has 18 heavy (non-hydrogen) atoms. The van der Waals surface area contributed by atoms with Gasteiger partial charge in [0.15, 0.2) is 0 Å². The molecule has 1 aliphatic carbocycles. The Morgan fingerprint density at radius 2 is 2.22 bits per heavy atom. The van der Waals surface area contributed by atoms with E-state index in [0.717, 1.165) is 5.92 Å². The summed E-state index contributed by atoms with van der Waals surface area (Å²) in [6.45, 7) is 2.81. The van der Waals surface area contributed by atoms with Crippen molar-refractivity contribution in [3.05, 3.63) is 17.9 Å². The van der Waals surface area contributed by atoms with E-state index in [1.165, 1.54) is 31.7 Å². The molecule has 102 valence electrons. The predicted molar refractivity (Wildman–Crippen MR) is 68.3 cm³/mol. The molecule has 0 spiro atoms. The van der Waals surface area contributed by atoms with Gasteiger partial charge in [-0.15, -0.1) is 0 Å². The molecule has 0 bridgehead atoms. The summed E-state index contributed by atoms with van der Waals surface area (Å²) < 4.78 is 27.3. The van der Waals surface area contributed by atoms with E-state index >= 15 is 0 Å². The summed E-state index contributed by atoms with van der Waals surface area (Å²) in [6, 6.07) is 3.55. The second-order valence-corrected chi connectivity index (χ2v) is 6.61. The Morgan fingerprint density at radius 3 is 2.83 bits per heavy atom. The molecule has 0 amide bonds. The van der Waals surface area contributed by atoms with E-state index in [0.29, 0.717) is 18.3 Å². The van der Waals surface area contributed by atoms with Gasteiger partial charge in [-0.2, -0.15) is 0 Å². The minimum absolute atomic E-state index is 0.170. The van der Waals surface area contributed by atoms with Crippen LogP contribution in [0.3, 0.4) is 0 Å². The second-order valence-electron chi connectivity index (χ2n) is 5.12. The first-order valence-electron chi connectivity index (χ1n) is 6.30. The minimum atomic E-state index is -3.73. The highest BCUT2D eigenvalue weighted by Crippen LogP contribution is 2.23. The fourth-order valence-corrected chi connectivity index (χ4v) is 2.95. The van der Waals surface area contributed by atoms with Gasteiger partial charge in [0.2, 0.25) is 5.09 Å². The van der Waals surface area contributed by atoms with Crippen LogP contribution in [0.4, 0.5) is 0 Å². The molecule has 0 saturated heterocycles. The molecule has 1 saturated carbocycles. The molecule has 2 atom stereocenters. The van der Waals surface area contributed by atoms with E-state index in [2.05, 4.69) is 12.2 Å². The molecule has 1 aliphatic rings. The summed E-state index contributed by atoms with van der Waals surface area (Å²) in [7, 11) is -3.73. The van der Waals surface area contributed by atoms with Gasteiger partial charge in [0.1, 0.15) is 5.76 Å². The van der Waals surface area contributed by atoms with Gasteiger partial charge in [0.05, 0.1) is 6.54 Å². The maximum absolute atomic E-state index is 11.1. The third kappa shape index (κ3) is 3.57. The van der Waals surface area contributed by atoms with Gasteiger partial charge in [-0.1, -0.05) is 19.8 Å². The Morgan fingerprint density at radius 1 is 1.44 bits per heavy atom. The molecule has 5 nitrogen and oxygen atoms in total. The van der Waals surface area contributed by atoms with Gasteiger partial charge in [0.25, 0.3) is 10.0 Å². The molecule has 2 unspecified atom stereocenters. The summed E-state index contributed by atoms with van der Waals surface area (Å²) in [5.74, 6) is 1.37. The molecular formula is C12H20N2O3S. The zero-order valence-corrected chi connectivity index (χ0v) is 11.4. The zero-order valence-electron chi connectivity index (χ0n) is 10.6.